The Bertz CT molecular complexity index is 316. The lowest BCUT2D eigenvalue weighted by molar-refractivity contribution is -0.140. The highest BCUT2D eigenvalue weighted by atomic mass is 79.9. The SMILES string of the molecule is COC(=O)CCCSc1ccc(Br)cn1. The van der Waals surface area contributed by atoms with E-state index in [0.717, 1.165) is 21.7 Å². The molecule has 3 nitrogen and oxygen atoms in total. The number of esters is 1. The number of hydrogen-bond acceptors (Lipinski definition) is 4. The zero-order chi connectivity index (χ0) is 11.1. The molecule has 1 aromatic heterocycles. The number of hydrogen-bond donors (Lipinski definition) is 0. The molecule has 82 valence electrons. The van der Waals surface area contributed by atoms with Crippen LogP contribution in [0.4, 0.5) is 0 Å². The topological polar surface area (TPSA) is 39.2 Å². The second-order valence-corrected chi connectivity index (χ2v) is 4.87. The van der Waals surface area contributed by atoms with E-state index in [4.69, 9.17) is 0 Å². The van der Waals surface area contributed by atoms with Crippen molar-refractivity contribution in [3.8, 4) is 0 Å². The molecule has 0 fully saturated rings. The largest absolute Gasteiger partial charge is 0.469 e. The number of aromatic nitrogens is 1. The van der Waals surface area contributed by atoms with Crippen LogP contribution in [0.1, 0.15) is 12.8 Å². The van der Waals surface area contributed by atoms with Gasteiger partial charge in [-0.3, -0.25) is 4.79 Å². The van der Waals surface area contributed by atoms with Gasteiger partial charge in [-0.25, -0.2) is 4.98 Å². The lowest BCUT2D eigenvalue weighted by Gasteiger charge is -2.00. The first-order chi connectivity index (χ1) is 7.22. The van der Waals surface area contributed by atoms with Crippen molar-refractivity contribution < 1.29 is 9.53 Å². The summed E-state index contributed by atoms with van der Waals surface area (Å²) >= 11 is 4.96. The first kappa shape index (κ1) is 12.5. The summed E-state index contributed by atoms with van der Waals surface area (Å²) in [5.41, 5.74) is 0. The second-order valence-electron chi connectivity index (χ2n) is 2.84. The van der Waals surface area contributed by atoms with Gasteiger partial charge < -0.3 is 4.74 Å². The molecule has 15 heavy (non-hydrogen) atoms. The average molecular weight is 290 g/mol. The molecule has 1 rings (SSSR count). The molecular weight excluding hydrogens is 278 g/mol. The summed E-state index contributed by atoms with van der Waals surface area (Å²) in [6.07, 6.45) is 3.05. The molecule has 0 saturated heterocycles. The van der Waals surface area contributed by atoms with Gasteiger partial charge in [-0.05, 0) is 34.5 Å². The molecule has 0 bridgehead atoms. The van der Waals surface area contributed by atoms with Crippen molar-refractivity contribution in [1.29, 1.82) is 0 Å². The molecule has 0 radical (unpaired) electrons. The van der Waals surface area contributed by atoms with Crippen LogP contribution >= 0.6 is 27.7 Å². The number of thioether (sulfide) groups is 1. The lowest BCUT2D eigenvalue weighted by Crippen LogP contribution is -2.00. The fraction of sp³-hybridized carbons (Fsp3) is 0.400. The zero-order valence-corrected chi connectivity index (χ0v) is 10.8. The summed E-state index contributed by atoms with van der Waals surface area (Å²) in [6, 6.07) is 3.91. The fourth-order valence-electron chi connectivity index (χ4n) is 0.943. The Labute approximate surface area is 102 Å². The summed E-state index contributed by atoms with van der Waals surface area (Å²) < 4.78 is 5.52. The summed E-state index contributed by atoms with van der Waals surface area (Å²) in [5.74, 6) is 0.725. The van der Waals surface area contributed by atoms with E-state index < -0.39 is 0 Å². The van der Waals surface area contributed by atoms with Crippen molar-refractivity contribution in [2.24, 2.45) is 0 Å². The first-order valence-electron chi connectivity index (χ1n) is 4.53. The third-order valence-corrected chi connectivity index (χ3v) is 3.20. The Kier molecular flexibility index (Phi) is 5.71. The zero-order valence-electron chi connectivity index (χ0n) is 8.40. The van der Waals surface area contributed by atoms with E-state index in [2.05, 4.69) is 25.7 Å². The number of pyridine rings is 1. The smallest absolute Gasteiger partial charge is 0.305 e. The Hall–Kier alpha value is -0.550. The summed E-state index contributed by atoms with van der Waals surface area (Å²) in [6.45, 7) is 0. The van der Waals surface area contributed by atoms with Crippen LogP contribution < -0.4 is 0 Å². The molecule has 1 aromatic rings. The van der Waals surface area contributed by atoms with Crippen molar-refractivity contribution in [3.63, 3.8) is 0 Å². The maximum absolute atomic E-state index is 10.8. The number of ether oxygens (including phenoxy) is 1. The van der Waals surface area contributed by atoms with Gasteiger partial charge in [-0.1, -0.05) is 0 Å². The van der Waals surface area contributed by atoms with E-state index in [-0.39, 0.29) is 5.97 Å². The van der Waals surface area contributed by atoms with Crippen LogP contribution in [0.5, 0.6) is 0 Å². The molecule has 0 N–H and O–H groups in total. The molecule has 5 heteroatoms. The molecule has 0 spiro atoms. The Morgan fingerprint density at radius 2 is 2.40 bits per heavy atom. The van der Waals surface area contributed by atoms with Gasteiger partial charge >= 0.3 is 5.97 Å². The van der Waals surface area contributed by atoms with Crippen molar-refractivity contribution in [1.82, 2.24) is 4.98 Å². The van der Waals surface area contributed by atoms with E-state index >= 15 is 0 Å². The lowest BCUT2D eigenvalue weighted by atomic mass is 10.3. The number of carbonyl (C=O) groups is 1. The van der Waals surface area contributed by atoms with Gasteiger partial charge in [0.25, 0.3) is 0 Å². The molecule has 0 aliphatic carbocycles. The number of rotatable bonds is 5. The molecule has 0 aromatic carbocycles. The second kappa shape index (κ2) is 6.85. The van der Waals surface area contributed by atoms with Gasteiger partial charge in [0, 0.05) is 22.8 Å². The Morgan fingerprint density at radius 3 is 3.00 bits per heavy atom. The normalized spacial score (nSPS) is 10.0. The number of methoxy groups -OCH3 is 1. The molecule has 0 atom stereocenters. The maximum Gasteiger partial charge on any atom is 0.305 e. The maximum atomic E-state index is 10.8. The fourth-order valence-corrected chi connectivity index (χ4v) is 1.97. The molecule has 0 aliphatic rings. The van der Waals surface area contributed by atoms with Crippen molar-refractivity contribution in [3.05, 3.63) is 22.8 Å². The molecule has 0 saturated carbocycles. The standard InChI is InChI=1S/C10H12BrNO2S/c1-14-10(13)3-2-6-15-9-5-4-8(11)7-12-9/h4-5,7H,2-3,6H2,1H3. The minimum Gasteiger partial charge on any atom is -0.469 e. The van der Waals surface area contributed by atoms with Crippen LogP contribution in [0.3, 0.4) is 0 Å². The van der Waals surface area contributed by atoms with Crippen LogP contribution in [0.2, 0.25) is 0 Å². The van der Waals surface area contributed by atoms with Gasteiger partial charge in [0.15, 0.2) is 0 Å². The van der Waals surface area contributed by atoms with Gasteiger partial charge in [0.2, 0.25) is 0 Å². The van der Waals surface area contributed by atoms with Crippen LogP contribution in [-0.2, 0) is 9.53 Å². The van der Waals surface area contributed by atoms with E-state index in [1.54, 1.807) is 18.0 Å². The molecule has 0 aliphatic heterocycles. The molecular formula is C10H12BrNO2S. The highest BCUT2D eigenvalue weighted by Crippen LogP contribution is 2.18. The molecule has 0 unspecified atom stereocenters. The van der Waals surface area contributed by atoms with Crippen molar-refractivity contribution in [2.45, 2.75) is 17.9 Å². The van der Waals surface area contributed by atoms with Crippen LogP contribution in [-0.4, -0.2) is 23.8 Å². The quantitative estimate of drug-likeness (QED) is 0.475. The highest BCUT2D eigenvalue weighted by Gasteiger charge is 2.00. The minimum absolute atomic E-state index is 0.153. The summed E-state index contributed by atoms with van der Waals surface area (Å²) in [7, 11) is 1.41. The monoisotopic (exact) mass is 289 g/mol. The third kappa shape index (κ3) is 5.18. The predicted octanol–water partition coefficient (Wildman–Crippen LogP) is 2.89. The van der Waals surface area contributed by atoms with Crippen LogP contribution in [0, 0.1) is 0 Å². The van der Waals surface area contributed by atoms with E-state index in [1.165, 1.54) is 7.11 Å². The Morgan fingerprint density at radius 1 is 1.60 bits per heavy atom. The van der Waals surface area contributed by atoms with E-state index in [9.17, 15) is 4.79 Å². The van der Waals surface area contributed by atoms with Gasteiger partial charge in [-0.15, -0.1) is 11.8 Å². The number of nitrogens with zero attached hydrogens (tertiary/aromatic N) is 1. The van der Waals surface area contributed by atoms with Crippen molar-refractivity contribution in [2.75, 3.05) is 12.9 Å². The van der Waals surface area contributed by atoms with Crippen LogP contribution in [0.25, 0.3) is 0 Å². The van der Waals surface area contributed by atoms with Crippen molar-refractivity contribution >= 4 is 33.7 Å². The van der Waals surface area contributed by atoms with Gasteiger partial charge in [0.1, 0.15) is 0 Å². The average Bonchev–Trinajstić information content (AvgIpc) is 2.26. The van der Waals surface area contributed by atoms with Crippen LogP contribution in [0.15, 0.2) is 27.8 Å². The predicted molar refractivity (Wildman–Crippen MR) is 63.9 cm³/mol. The third-order valence-electron chi connectivity index (χ3n) is 1.70. The summed E-state index contributed by atoms with van der Waals surface area (Å²) in [4.78, 5) is 15.0. The van der Waals surface area contributed by atoms with Gasteiger partial charge in [0.05, 0.1) is 12.1 Å². The summed E-state index contributed by atoms with van der Waals surface area (Å²) in [5, 5.41) is 0.975. The molecule has 1 heterocycles. The highest BCUT2D eigenvalue weighted by molar-refractivity contribution is 9.10. The van der Waals surface area contributed by atoms with E-state index in [0.29, 0.717) is 6.42 Å². The minimum atomic E-state index is -0.153. The number of carbonyl (C=O) groups excluding carboxylic acids is 1. The molecule has 0 amide bonds. The number of halogens is 1. The first-order valence-corrected chi connectivity index (χ1v) is 6.31. The van der Waals surface area contributed by atoms with Gasteiger partial charge in [-0.2, -0.15) is 0 Å². The van der Waals surface area contributed by atoms with E-state index in [1.807, 2.05) is 12.1 Å². The Balaban J connectivity index is 2.20.